The average molecular weight is 182 g/mol. The quantitative estimate of drug-likeness (QED) is 0.697. The van der Waals surface area contributed by atoms with Crippen LogP contribution in [0.25, 0.3) is 0 Å². The number of hydrogen-bond acceptors (Lipinski definition) is 2. The number of methoxy groups -OCH3 is 1. The molecule has 0 fully saturated rings. The van der Waals surface area contributed by atoms with Gasteiger partial charge in [0.05, 0.1) is 12.3 Å². The molecule has 0 spiro atoms. The Balaban J connectivity index is 2.39. The molecule has 0 saturated heterocycles. The molecule has 13 heavy (non-hydrogen) atoms. The molecule has 0 bridgehead atoms. The summed E-state index contributed by atoms with van der Waals surface area (Å²) in [7, 11) is 1.69. The van der Waals surface area contributed by atoms with Gasteiger partial charge >= 0.3 is 0 Å². The monoisotopic (exact) mass is 182 g/mol. The zero-order valence-electron chi connectivity index (χ0n) is 8.66. The van der Waals surface area contributed by atoms with E-state index in [2.05, 4.69) is 18.9 Å². The molecule has 0 aliphatic heterocycles. The number of rotatable bonds is 5. The summed E-state index contributed by atoms with van der Waals surface area (Å²) in [6.07, 6.45) is 3.19. The van der Waals surface area contributed by atoms with Crippen LogP contribution in [0.15, 0.2) is 12.3 Å². The lowest BCUT2D eigenvalue weighted by molar-refractivity contribution is 0.180. The lowest BCUT2D eigenvalue weighted by atomic mass is 10.1. The fraction of sp³-hybridized carbons (Fsp3) is 0.700. The van der Waals surface area contributed by atoms with Gasteiger partial charge in [-0.1, -0.05) is 13.8 Å². The third-order valence-electron chi connectivity index (χ3n) is 1.92. The molecule has 0 N–H and O–H groups in total. The first-order chi connectivity index (χ1) is 6.22. The summed E-state index contributed by atoms with van der Waals surface area (Å²) in [5.74, 6) is 0.732. The molecule has 3 nitrogen and oxygen atoms in total. The highest BCUT2D eigenvalue weighted by molar-refractivity contribution is 4.96. The second-order valence-corrected chi connectivity index (χ2v) is 3.69. The summed E-state index contributed by atoms with van der Waals surface area (Å²) in [5.41, 5.74) is 1.01. The summed E-state index contributed by atoms with van der Waals surface area (Å²) in [6, 6.07) is 2.00. The third-order valence-corrected chi connectivity index (χ3v) is 1.92. The van der Waals surface area contributed by atoms with E-state index in [1.165, 1.54) is 6.42 Å². The van der Waals surface area contributed by atoms with Crippen LogP contribution in [0, 0.1) is 5.92 Å². The van der Waals surface area contributed by atoms with Crippen LogP contribution in [0.3, 0.4) is 0 Å². The number of hydrogen-bond donors (Lipinski definition) is 0. The van der Waals surface area contributed by atoms with E-state index in [-0.39, 0.29) is 0 Å². The minimum atomic E-state index is 0.606. The van der Waals surface area contributed by atoms with Crippen LogP contribution in [0.1, 0.15) is 26.0 Å². The Bertz CT molecular complexity index is 243. The van der Waals surface area contributed by atoms with E-state index in [9.17, 15) is 0 Å². The van der Waals surface area contributed by atoms with Crippen LogP contribution < -0.4 is 0 Å². The highest BCUT2D eigenvalue weighted by Crippen LogP contribution is 2.03. The molecular weight excluding hydrogens is 164 g/mol. The maximum atomic E-state index is 4.99. The van der Waals surface area contributed by atoms with Crippen LogP contribution in [0.2, 0.25) is 0 Å². The van der Waals surface area contributed by atoms with Gasteiger partial charge in [0.2, 0.25) is 0 Å². The molecule has 0 aromatic carbocycles. The average Bonchev–Trinajstić information content (AvgIpc) is 2.50. The molecule has 0 amide bonds. The highest BCUT2D eigenvalue weighted by Gasteiger charge is 1.99. The van der Waals surface area contributed by atoms with Gasteiger partial charge in [0, 0.05) is 19.9 Å². The zero-order valence-corrected chi connectivity index (χ0v) is 8.66. The van der Waals surface area contributed by atoms with Gasteiger partial charge in [-0.05, 0) is 18.4 Å². The number of aryl methyl sites for hydroxylation is 1. The SMILES string of the molecule is COCc1ccn(CCC(C)C)n1. The highest BCUT2D eigenvalue weighted by atomic mass is 16.5. The molecule has 1 heterocycles. The molecule has 0 aliphatic rings. The first kappa shape index (κ1) is 10.3. The van der Waals surface area contributed by atoms with Crippen molar-refractivity contribution in [3.63, 3.8) is 0 Å². The largest absolute Gasteiger partial charge is 0.378 e. The number of aromatic nitrogens is 2. The van der Waals surface area contributed by atoms with Crippen LogP contribution in [0.4, 0.5) is 0 Å². The van der Waals surface area contributed by atoms with E-state index in [4.69, 9.17) is 4.74 Å². The van der Waals surface area contributed by atoms with Gasteiger partial charge in [0.15, 0.2) is 0 Å². The van der Waals surface area contributed by atoms with Crippen molar-refractivity contribution < 1.29 is 4.74 Å². The molecule has 74 valence electrons. The van der Waals surface area contributed by atoms with Crippen molar-refractivity contribution >= 4 is 0 Å². The lowest BCUT2D eigenvalue weighted by Gasteiger charge is -2.03. The van der Waals surface area contributed by atoms with Crippen molar-refractivity contribution in [1.29, 1.82) is 0 Å². The Kier molecular flexibility index (Phi) is 3.96. The molecule has 0 saturated carbocycles. The van der Waals surface area contributed by atoms with E-state index in [1.807, 2.05) is 16.9 Å². The first-order valence-corrected chi connectivity index (χ1v) is 4.73. The Morgan fingerprint density at radius 1 is 1.54 bits per heavy atom. The molecule has 0 aliphatic carbocycles. The topological polar surface area (TPSA) is 27.1 Å². The fourth-order valence-electron chi connectivity index (χ4n) is 1.14. The molecular formula is C10H18N2O. The van der Waals surface area contributed by atoms with Crippen molar-refractivity contribution in [3.8, 4) is 0 Å². The van der Waals surface area contributed by atoms with Crippen molar-refractivity contribution in [1.82, 2.24) is 9.78 Å². The molecule has 1 rings (SSSR count). The maximum Gasteiger partial charge on any atom is 0.0902 e. The van der Waals surface area contributed by atoms with Crippen LogP contribution >= 0.6 is 0 Å². The summed E-state index contributed by atoms with van der Waals surface area (Å²) in [6.45, 7) is 6.05. The maximum absolute atomic E-state index is 4.99. The Labute approximate surface area is 79.7 Å². The minimum Gasteiger partial charge on any atom is -0.378 e. The summed E-state index contributed by atoms with van der Waals surface area (Å²) >= 11 is 0. The third kappa shape index (κ3) is 3.59. The van der Waals surface area contributed by atoms with Crippen molar-refractivity contribution in [2.75, 3.05) is 7.11 Å². The van der Waals surface area contributed by atoms with Crippen LogP contribution in [-0.2, 0) is 17.9 Å². The van der Waals surface area contributed by atoms with Gasteiger partial charge in [-0.15, -0.1) is 0 Å². The van der Waals surface area contributed by atoms with Gasteiger partial charge in [-0.2, -0.15) is 5.10 Å². The number of nitrogens with zero attached hydrogens (tertiary/aromatic N) is 2. The number of ether oxygens (including phenoxy) is 1. The van der Waals surface area contributed by atoms with Crippen molar-refractivity contribution in [2.45, 2.75) is 33.4 Å². The van der Waals surface area contributed by atoms with E-state index >= 15 is 0 Å². The minimum absolute atomic E-state index is 0.606. The smallest absolute Gasteiger partial charge is 0.0902 e. The Morgan fingerprint density at radius 3 is 2.92 bits per heavy atom. The normalized spacial score (nSPS) is 11.1. The predicted molar refractivity (Wildman–Crippen MR) is 52.4 cm³/mol. The zero-order chi connectivity index (χ0) is 9.68. The summed E-state index contributed by atoms with van der Waals surface area (Å²) < 4.78 is 6.97. The Hall–Kier alpha value is -0.830. The van der Waals surface area contributed by atoms with E-state index in [0.29, 0.717) is 6.61 Å². The first-order valence-electron chi connectivity index (χ1n) is 4.73. The molecule has 1 aromatic heterocycles. The summed E-state index contributed by atoms with van der Waals surface area (Å²) in [4.78, 5) is 0. The molecule has 3 heteroatoms. The van der Waals surface area contributed by atoms with Gasteiger partial charge in [-0.25, -0.2) is 0 Å². The van der Waals surface area contributed by atoms with E-state index in [1.54, 1.807) is 7.11 Å². The van der Waals surface area contributed by atoms with Crippen LogP contribution in [-0.4, -0.2) is 16.9 Å². The van der Waals surface area contributed by atoms with E-state index < -0.39 is 0 Å². The predicted octanol–water partition coefficient (Wildman–Crippen LogP) is 2.08. The standard InChI is InChI=1S/C10H18N2O/c1-9(2)4-6-12-7-5-10(11-12)8-13-3/h5,7,9H,4,6,8H2,1-3H3. The van der Waals surface area contributed by atoms with Crippen molar-refractivity contribution in [3.05, 3.63) is 18.0 Å². The Morgan fingerprint density at radius 2 is 2.31 bits per heavy atom. The summed E-state index contributed by atoms with van der Waals surface area (Å²) in [5, 5.41) is 4.36. The van der Waals surface area contributed by atoms with E-state index in [0.717, 1.165) is 18.2 Å². The molecule has 0 atom stereocenters. The second-order valence-electron chi connectivity index (χ2n) is 3.69. The van der Waals surface area contributed by atoms with Gasteiger partial charge in [0.1, 0.15) is 0 Å². The van der Waals surface area contributed by atoms with Gasteiger partial charge in [0.25, 0.3) is 0 Å². The van der Waals surface area contributed by atoms with Crippen LogP contribution in [0.5, 0.6) is 0 Å². The lowest BCUT2D eigenvalue weighted by Crippen LogP contribution is -2.02. The molecule has 0 unspecified atom stereocenters. The van der Waals surface area contributed by atoms with Gasteiger partial charge < -0.3 is 4.74 Å². The second kappa shape index (κ2) is 5.02. The fourth-order valence-corrected chi connectivity index (χ4v) is 1.14. The molecule has 0 radical (unpaired) electrons. The van der Waals surface area contributed by atoms with Gasteiger partial charge in [-0.3, -0.25) is 4.68 Å². The van der Waals surface area contributed by atoms with Crippen molar-refractivity contribution in [2.24, 2.45) is 5.92 Å². The molecule has 1 aromatic rings.